The molecule has 2 aliphatic rings. The number of rotatable bonds is 15. The normalized spacial score (nSPS) is 19.4. The van der Waals surface area contributed by atoms with Crippen LogP contribution in [0.25, 0.3) is 0 Å². The highest BCUT2D eigenvalue weighted by Gasteiger charge is 2.24. The fraction of sp³-hybridized carbons (Fsp3) is 0.812. The Bertz CT molecular complexity index is 539. The number of allylic oxidation sites excluding steroid dienone is 3. The van der Waals surface area contributed by atoms with Crippen LogP contribution < -0.4 is 0 Å². The number of likely N-dealkylation sites (N-methyl/N-ethyl adjacent to an activating group) is 1. The molecule has 2 rings (SSSR count). The molecule has 5 heteroatoms. The van der Waals surface area contributed by atoms with E-state index >= 15 is 0 Å². The van der Waals surface area contributed by atoms with Crippen LogP contribution in [-0.2, 0) is 4.74 Å². The number of likely N-dealkylation sites (tertiary alicyclic amines) is 1. The molecule has 0 radical (unpaired) electrons. The molecule has 2 heterocycles. The highest BCUT2D eigenvalue weighted by molar-refractivity contribution is 4.96. The van der Waals surface area contributed by atoms with Gasteiger partial charge in [-0.2, -0.15) is 0 Å². The zero-order chi connectivity index (χ0) is 27.7. The minimum Gasteiger partial charge on any atom is -0.385 e. The maximum Gasteiger partial charge on any atom is 0.0474 e. The van der Waals surface area contributed by atoms with Gasteiger partial charge >= 0.3 is 0 Å². The average Bonchev–Trinajstić information content (AvgIpc) is 2.95. The molecule has 2 unspecified atom stereocenters. The highest BCUT2D eigenvalue weighted by atomic mass is 16.5. The van der Waals surface area contributed by atoms with Crippen LogP contribution in [0.3, 0.4) is 0 Å². The van der Waals surface area contributed by atoms with Gasteiger partial charge in [-0.1, -0.05) is 51.5 Å². The molecule has 2 aliphatic heterocycles. The number of hydrogen-bond donors (Lipinski definition) is 0. The lowest BCUT2D eigenvalue weighted by molar-refractivity contribution is 0.0824. The summed E-state index contributed by atoms with van der Waals surface area (Å²) >= 11 is 0. The smallest absolute Gasteiger partial charge is 0.0474 e. The molecule has 0 aromatic carbocycles. The highest BCUT2D eigenvalue weighted by Crippen LogP contribution is 2.18. The first-order chi connectivity index (χ1) is 18.1. The molecular formula is C32H64N4O. The Labute approximate surface area is 232 Å². The summed E-state index contributed by atoms with van der Waals surface area (Å²) in [5.41, 5.74) is 0. The van der Waals surface area contributed by atoms with Gasteiger partial charge in [-0.15, -0.1) is 13.2 Å². The second kappa shape index (κ2) is 25.3. The summed E-state index contributed by atoms with van der Waals surface area (Å²) in [6.45, 7) is 30.0. The van der Waals surface area contributed by atoms with E-state index < -0.39 is 0 Å². The molecule has 0 amide bonds. The first kappa shape index (κ1) is 36.0. The van der Waals surface area contributed by atoms with Gasteiger partial charge < -0.3 is 19.4 Å². The summed E-state index contributed by atoms with van der Waals surface area (Å²) in [5, 5.41) is 0. The first-order valence-corrected chi connectivity index (χ1v) is 15.3. The third-order valence-corrected chi connectivity index (χ3v) is 7.63. The van der Waals surface area contributed by atoms with Gasteiger partial charge in [-0.25, -0.2) is 0 Å². The van der Waals surface area contributed by atoms with Crippen molar-refractivity contribution in [2.45, 2.75) is 91.6 Å². The van der Waals surface area contributed by atoms with Gasteiger partial charge in [0.15, 0.2) is 0 Å². The number of ether oxygens (including phenoxy) is 1. The predicted molar refractivity (Wildman–Crippen MR) is 166 cm³/mol. The Morgan fingerprint density at radius 3 is 2.05 bits per heavy atom. The van der Waals surface area contributed by atoms with Gasteiger partial charge in [0.25, 0.3) is 0 Å². The Morgan fingerprint density at radius 1 is 0.892 bits per heavy atom. The third kappa shape index (κ3) is 16.6. The van der Waals surface area contributed by atoms with E-state index in [1.165, 1.54) is 91.0 Å². The molecule has 0 spiro atoms. The lowest BCUT2D eigenvalue weighted by Crippen LogP contribution is -2.53. The van der Waals surface area contributed by atoms with Crippen molar-refractivity contribution in [2.75, 3.05) is 79.2 Å². The van der Waals surface area contributed by atoms with E-state index in [0.29, 0.717) is 6.04 Å². The predicted octanol–water partition coefficient (Wildman–Crippen LogP) is 6.34. The van der Waals surface area contributed by atoms with Gasteiger partial charge in [0.2, 0.25) is 0 Å². The van der Waals surface area contributed by atoms with Crippen molar-refractivity contribution in [3.63, 3.8) is 0 Å². The minimum absolute atomic E-state index is 0.547. The summed E-state index contributed by atoms with van der Waals surface area (Å²) in [5.74, 6) is 0. The van der Waals surface area contributed by atoms with Crippen LogP contribution >= 0.6 is 0 Å². The summed E-state index contributed by atoms with van der Waals surface area (Å²) < 4.78 is 5.21. The topological polar surface area (TPSA) is 22.2 Å². The number of nitrogens with zero attached hydrogens (tertiary/aromatic N) is 4. The van der Waals surface area contributed by atoms with Crippen molar-refractivity contribution in [3.05, 3.63) is 37.5 Å². The van der Waals surface area contributed by atoms with Crippen molar-refractivity contribution < 1.29 is 4.74 Å². The first-order valence-electron chi connectivity index (χ1n) is 15.3. The fourth-order valence-corrected chi connectivity index (χ4v) is 5.41. The lowest BCUT2D eigenvalue weighted by atomic mass is 10.0. The zero-order valence-electron chi connectivity index (χ0n) is 25.8. The quantitative estimate of drug-likeness (QED) is 0.185. The molecule has 2 fully saturated rings. The van der Waals surface area contributed by atoms with E-state index in [1.807, 2.05) is 6.92 Å². The molecule has 0 saturated carbocycles. The third-order valence-electron chi connectivity index (χ3n) is 7.63. The zero-order valence-corrected chi connectivity index (χ0v) is 25.8. The van der Waals surface area contributed by atoms with Gasteiger partial charge in [-0.05, 0) is 78.6 Å². The summed E-state index contributed by atoms with van der Waals surface area (Å²) in [6.07, 6.45) is 18.0. The maximum absolute atomic E-state index is 5.21. The summed E-state index contributed by atoms with van der Waals surface area (Å²) in [4.78, 5) is 10.8. The molecule has 0 aromatic heterocycles. The number of piperazine rings is 1. The van der Waals surface area contributed by atoms with E-state index in [9.17, 15) is 0 Å². The Hall–Kier alpha value is -0.980. The van der Waals surface area contributed by atoms with Crippen molar-refractivity contribution in [1.82, 2.24) is 19.6 Å². The minimum atomic E-state index is 0.547. The van der Waals surface area contributed by atoms with Crippen LogP contribution in [0.2, 0.25) is 0 Å². The summed E-state index contributed by atoms with van der Waals surface area (Å²) in [7, 11) is 1.80. The largest absolute Gasteiger partial charge is 0.385 e. The van der Waals surface area contributed by atoms with E-state index in [4.69, 9.17) is 4.74 Å². The van der Waals surface area contributed by atoms with Crippen molar-refractivity contribution in [3.8, 4) is 0 Å². The molecule has 2 saturated heterocycles. The summed E-state index contributed by atoms with van der Waals surface area (Å²) in [6, 6.07) is 1.32. The van der Waals surface area contributed by atoms with Crippen LogP contribution in [0.5, 0.6) is 0 Å². The van der Waals surface area contributed by atoms with Crippen LogP contribution in [0.4, 0.5) is 0 Å². The monoisotopic (exact) mass is 521 g/mol. The molecule has 37 heavy (non-hydrogen) atoms. The van der Waals surface area contributed by atoms with Crippen LogP contribution in [0, 0.1) is 0 Å². The van der Waals surface area contributed by atoms with E-state index in [1.54, 1.807) is 7.11 Å². The van der Waals surface area contributed by atoms with Crippen LogP contribution in [-0.4, -0.2) is 111 Å². The van der Waals surface area contributed by atoms with Crippen LogP contribution in [0.15, 0.2) is 37.5 Å². The standard InChI is InChI=1S/C25H50N4O.C5H10.C2H4/c1-5-12-25(29-20-18-27(19-21-29)14-11-22-30-4)23-26(7-3)17-13-24(6-2)28-15-9-8-10-16-28;1-3-5-4-2;1-2/h5,12,24-25H,6-11,13-23H2,1-4H3;3,5H,4H2,1-2H3;1-2H2/b12-5+;5-3-;. The number of methoxy groups -OCH3 is 1. The van der Waals surface area contributed by atoms with Gasteiger partial charge in [0, 0.05) is 65.1 Å². The maximum atomic E-state index is 5.21. The van der Waals surface area contributed by atoms with Crippen molar-refractivity contribution in [1.29, 1.82) is 0 Å². The van der Waals surface area contributed by atoms with Crippen molar-refractivity contribution >= 4 is 0 Å². The Balaban J connectivity index is 0.00000165. The molecule has 5 nitrogen and oxygen atoms in total. The van der Waals surface area contributed by atoms with E-state index in [-0.39, 0.29) is 0 Å². The SMILES string of the molecule is C/C=C/C(CN(CC)CCC(CC)N1CCCCC1)N1CCN(CCCOC)CC1.C/C=C\CC.C=C. The van der Waals surface area contributed by atoms with Crippen LogP contribution in [0.1, 0.15) is 79.6 Å². The average molecular weight is 521 g/mol. The molecule has 0 N–H and O–H groups in total. The Kier molecular flexibility index (Phi) is 24.6. The van der Waals surface area contributed by atoms with E-state index in [2.05, 4.69) is 84.8 Å². The fourth-order valence-electron chi connectivity index (χ4n) is 5.41. The number of hydrogen-bond acceptors (Lipinski definition) is 5. The van der Waals surface area contributed by atoms with Crippen molar-refractivity contribution in [2.24, 2.45) is 0 Å². The van der Waals surface area contributed by atoms with Gasteiger partial charge in [-0.3, -0.25) is 4.90 Å². The van der Waals surface area contributed by atoms with E-state index in [0.717, 1.165) is 32.0 Å². The second-order valence-corrected chi connectivity index (χ2v) is 10.1. The second-order valence-electron chi connectivity index (χ2n) is 10.1. The molecule has 0 aliphatic carbocycles. The molecule has 2 atom stereocenters. The molecule has 0 bridgehead atoms. The number of piperidine rings is 1. The lowest BCUT2D eigenvalue weighted by Gasteiger charge is -2.40. The van der Waals surface area contributed by atoms with Gasteiger partial charge in [0.1, 0.15) is 0 Å². The van der Waals surface area contributed by atoms with Gasteiger partial charge in [0.05, 0.1) is 0 Å². The molecular weight excluding hydrogens is 456 g/mol. The Morgan fingerprint density at radius 2 is 1.57 bits per heavy atom. The molecule has 0 aromatic rings. The molecule has 218 valence electrons.